The van der Waals surface area contributed by atoms with Gasteiger partial charge in [-0.1, -0.05) is 0 Å². The van der Waals surface area contributed by atoms with Crippen molar-refractivity contribution >= 4 is 26.0 Å². The van der Waals surface area contributed by atoms with Crippen LogP contribution in [0.2, 0.25) is 0 Å². The van der Waals surface area contributed by atoms with Crippen LogP contribution in [0.25, 0.3) is 0 Å². The smallest absolute Gasteiger partial charge is 0.213 e. The molecule has 2 atom stereocenters. The van der Waals surface area contributed by atoms with Gasteiger partial charge in [0.2, 0.25) is 12.4 Å². The number of aromatic nitrogens is 2. The molecule has 10 heteroatoms. The topological polar surface area (TPSA) is 135 Å². The summed E-state index contributed by atoms with van der Waals surface area (Å²) >= 11 is 0. The number of hydrogen-bond acceptors (Lipinski definition) is 6. The van der Waals surface area contributed by atoms with Crippen molar-refractivity contribution in [2.45, 2.75) is 37.8 Å². The predicted molar refractivity (Wildman–Crippen MR) is 73.5 cm³/mol. The Morgan fingerprint density at radius 3 is 3.00 bits per heavy atom. The van der Waals surface area contributed by atoms with Gasteiger partial charge in [0.05, 0.1) is 12.0 Å². The van der Waals surface area contributed by atoms with Crippen LogP contribution < -0.4 is 11.1 Å². The van der Waals surface area contributed by atoms with E-state index in [-0.39, 0.29) is 5.96 Å². The quantitative estimate of drug-likeness (QED) is 0.173. The lowest BCUT2D eigenvalue weighted by Gasteiger charge is -2.25. The molecular formula is C11H16BN5O4. The highest BCUT2D eigenvalue weighted by atomic mass is 16.6. The van der Waals surface area contributed by atoms with Crippen molar-refractivity contribution < 1.29 is 19.7 Å². The number of nitrogens with one attached hydrogen (secondary N) is 1. The summed E-state index contributed by atoms with van der Waals surface area (Å²) in [5.41, 5.74) is 3.72. The molecule has 9 nitrogen and oxygen atoms in total. The van der Waals surface area contributed by atoms with Crippen molar-refractivity contribution in [3.63, 3.8) is 0 Å². The van der Waals surface area contributed by atoms with Crippen molar-refractivity contribution in [2.75, 3.05) is 0 Å². The van der Waals surface area contributed by atoms with E-state index in [1.54, 1.807) is 11.5 Å². The van der Waals surface area contributed by atoms with Crippen LogP contribution >= 0.6 is 0 Å². The number of ether oxygens (including phenoxy) is 1. The number of nitrogens with two attached hydrogens (primary N) is 1. The Hall–Kier alpha value is -1.91. The zero-order valence-corrected chi connectivity index (χ0v) is 11.4. The number of imidazole rings is 1. The van der Waals surface area contributed by atoms with Gasteiger partial charge in [0, 0.05) is 0 Å². The molecule has 2 rings (SSSR count). The fourth-order valence-corrected chi connectivity index (χ4v) is 2.14. The second kappa shape index (κ2) is 5.84. The molecule has 1 fully saturated rings. The normalized spacial score (nSPS) is 23.3. The van der Waals surface area contributed by atoms with Crippen molar-refractivity contribution in [1.82, 2.24) is 14.9 Å². The molecular weight excluding hydrogens is 277 g/mol. The van der Waals surface area contributed by atoms with E-state index in [1.165, 1.54) is 6.33 Å². The monoisotopic (exact) mass is 293 g/mol. The van der Waals surface area contributed by atoms with Crippen LogP contribution in [-0.4, -0.2) is 51.8 Å². The van der Waals surface area contributed by atoms with Crippen molar-refractivity contribution in [3.05, 3.63) is 12.0 Å². The first kappa shape index (κ1) is 15.5. The standard InChI is InChI=1S/C11H16BN5O4/c1-6-9(16-10(13)15-5-18)17(4-14-6)8-3-2-7(21-8)11(12,19)20/h4-5,7-8,19-20H,2-3H2,1H3,(H3,13,15,16,18). The number of hydrogen-bond donors (Lipinski definition) is 4. The summed E-state index contributed by atoms with van der Waals surface area (Å²) in [6.45, 7) is 1.72. The molecule has 0 aliphatic carbocycles. The zero-order valence-electron chi connectivity index (χ0n) is 11.4. The lowest BCUT2D eigenvalue weighted by Crippen LogP contribution is -2.42. The molecule has 0 saturated carbocycles. The predicted octanol–water partition coefficient (Wildman–Crippen LogP) is -1.63. The first-order valence-corrected chi connectivity index (χ1v) is 6.29. The Labute approximate surface area is 122 Å². The average molecular weight is 293 g/mol. The summed E-state index contributed by atoms with van der Waals surface area (Å²) in [6, 6.07) is 0. The largest absolute Gasteiger partial charge is 0.372 e. The number of carbonyl (C=O) groups is 1. The second-order valence-electron chi connectivity index (χ2n) is 4.76. The molecule has 1 aromatic rings. The lowest BCUT2D eigenvalue weighted by molar-refractivity contribution is -0.182. The van der Waals surface area contributed by atoms with E-state index in [0.29, 0.717) is 30.8 Å². The van der Waals surface area contributed by atoms with Gasteiger partial charge in [-0.15, -0.1) is 0 Å². The van der Waals surface area contributed by atoms with Crippen LogP contribution in [0.1, 0.15) is 24.8 Å². The lowest BCUT2D eigenvalue weighted by atomic mass is 9.88. The molecule has 0 spiro atoms. The number of aryl methyl sites for hydroxylation is 1. The van der Waals surface area contributed by atoms with E-state index in [0.717, 1.165) is 0 Å². The summed E-state index contributed by atoms with van der Waals surface area (Å²) < 4.78 is 7.10. The molecule has 2 unspecified atom stereocenters. The van der Waals surface area contributed by atoms with Crippen LogP contribution in [-0.2, 0) is 9.53 Å². The molecule has 0 bridgehead atoms. The molecule has 1 saturated heterocycles. The van der Waals surface area contributed by atoms with Gasteiger partial charge in [-0.3, -0.25) is 14.7 Å². The van der Waals surface area contributed by atoms with Gasteiger partial charge in [0.25, 0.3) is 0 Å². The Morgan fingerprint density at radius 2 is 2.43 bits per heavy atom. The van der Waals surface area contributed by atoms with E-state index in [1.807, 2.05) is 0 Å². The van der Waals surface area contributed by atoms with Crippen LogP contribution in [0.4, 0.5) is 5.82 Å². The van der Waals surface area contributed by atoms with Crippen molar-refractivity contribution in [2.24, 2.45) is 10.7 Å². The number of aliphatic hydroxyl groups is 2. The molecule has 1 aromatic heterocycles. The van der Waals surface area contributed by atoms with Crippen molar-refractivity contribution in [1.29, 1.82) is 0 Å². The van der Waals surface area contributed by atoms with Gasteiger partial charge in [0.15, 0.2) is 13.7 Å². The number of amides is 1. The summed E-state index contributed by atoms with van der Waals surface area (Å²) in [6.07, 6.45) is 1.38. The fourth-order valence-electron chi connectivity index (χ4n) is 2.14. The third-order valence-electron chi connectivity index (χ3n) is 3.16. The van der Waals surface area contributed by atoms with Gasteiger partial charge < -0.3 is 20.7 Å². The molecule has 2 radical (unpaired) electrons. The van der Waals surface area contributed by atoms with Crippen LogP contribution in [0.15, 0.2) is 11.3 Å². The average Bonchev–Trinajstić information content (AvgIpc) is 2.97. The summed E-state index contributed by atoms with van der Waals surface area (Å²) in [7, 11) is 5.21. The number of guanidine groups is 1. The number of aliphatic imine (C=N–C) groups is 1. The molecule has 21 heavy (non-hydrogen) atoms. The molecule has 1 aliphatic rings. The minimum absolute atomic E-state index is 0.0816. The van der Waals surface area contributed by atoms with E-state index < -0.39 is 18.0 Å². The SMILES string of the molecule is [B]C(O)(O)C1CCC(n2cnc(C)c2/N=C(/N)NC=O)O1. The maximum atomic E-state index is 10.3. The Bertz CT molecular complexity index is 553. The molecule has 112 valence electrons. The summed E-state index contributed by atoms with van der Waals surface area (Å²) in [5.74, 6) is 0.327. The third kappa shape index (κ3) is 3.41. The van der Waals surface area contributed by atoms with Crippen LogP contribution in [0.5, 0.6) is 0 Å². The summed E-state index contributed by atoms with van der Waals surface area (Å²) in [4.78, 5) is 18.5. The number of nitrogens with zero attached hydrogens (tertiary/aromatic N) is 3. The maximum absolute atomic E-state index is 10.3. The second-order valence-corrected chi connectivity index (χ2v) is 4.76. The summed E-state index contributed by atoms with van der Waals surface area (Å²) in [5, 5.41) is 20.9. The highest BCUT2D eigenvalue weighted by molar-refractivity contribution is 6.13. The van der Waals surface area contributed by atoms with E-state index in [9.17, 15) is 15.0 Å². The minimum Gasteiger partial charge on any atom is -0.372 e. The van der Waals surface area contributed by atoms with Gasteiger partial charge in [-0.25, -0.2) is 4.98 Å². The molecule has 1 amide bonds. The molecule has 1 aliphatic heterocycles. The zero-order chi connectivity index (χ0) is 15.6. The first-order chi connectivity index (χ1) is 9.82. The Kier molecular flexibility index (Phi) is 4.30. The number of rotatable bonds is 4. The molecule has 0 aromatic carbocycles. The Morgan fingerprint density at radius 1 is 1.71 bits per heavy atom. The maximum Gasteiger partial charge on any atom is 0.213 e. The van der Waals surface area contributed by atoms with Gasteiger partial charge in [-0.2, -0.15) is 4.99 Å². The fraction of sp³-hybridized carbons (Fsp3) is 0.545. The van der Waals surface area contributed by atoms with Gasteiger partial charge in [-0.05, 0) is 19.8 Å². The highest BCUT2D eigenvalue weighted by Gasteiger charge is 2.38. The molecule has 5 N–H and O–H groups in total. The first-order valence-electron chi connectivity index (χ1n) is 6.29. The van der Waals surface area contributed by atoms with Gasteiger partial charge in [0.1, 0.15) is 18.0 Å². The van der Waals surface area contributed by atoms with E-state index in [4.69, 9.17) is 18.3 Å². The number of carbonyl (C=O) groups excluding carboxylic acids is 1. The van der Waals surface area contributed by atoms with Crippen LogP contribution in [0.3, 0.4) is 0 Å². The van der Waals surface area contributed by atoms with Gasteiger partial charge >= 0.3 is 0 Å². The highest BCUT2D eigenvalue weighted by Crippen LogP contribution is 2.35. The molecule has 2 heterocycles. The Balaban J connectivity index is 2.22. The van der Waals surface area contributed by atoms with E-state index in [2.05, 4.69) is 15.3 Å². The minimum atomic E-state index is -2.40. The van der Waals surface area contributed by atoms with E-state index >= 15 is 0 Å². The van der Waals surface area contributed by atoms with Crippen molar-refractivity contribution in [3.8, 4) is 0 Å². The third-order valence-corrected chi connectivity index (χ3v) is 3.16. The van der Waals surface area contributed by atoms with Crippen LogP contribution in [0, 0.1) is 6.92 Å².